The van der Waals surface area contributed by atoms with E-state index in [0.29, 0.717) is 0 Å². The maximum absolute atomic E-state index is 4.11. The van der Waals surface area contributed by atoms with Gasteiger partial charge in [0, 0.05) is 0 Å². The van der Waals surface area contributed by atoms with Gasteiger partial charge in [-0.2, -0.15) is 0 Å². The molecule has 0 aliphatic heterocycles. The van der Waals surface area contributed by atoms with Crippen molar-refractivity contribution in [3.8, 4) is 0 Å². The third kappa shape index (κ3) is 0.212. The maximum Gasteiger partial charge on any atom is 0.235 e. The van der Waals surface area contributed by atoms with Crippen LogP contribution in [0.15, 0.2) is 10.9 Å². The Morgan fingerprint density at radius 3 is 2.80 bits per heavy atom. The largest absolute Gasteiger partial charge is 0.324 e. The number of nitrogens with zero attached hydrogens (tertiary/aromatic N) is 3. The molecule has 1 aromatic rings. The fourth-order valence-electron chi connectivity index (χ4n) is 0.105. The van der Waals surface area contributed by atoms with Crippen LogP contribution in [0.5, 0.6) is 0 Å². The molecular weight excluding hydrogens is 70.0 g/mol. The molecule has 0 unspecified atom stereocenters. The van der Waals surface area contributed by atoms with Gasteiger partial charge in [0.25, 0.3) is 0 Å². The lowest BCUT2D eigenvalue weighted by Crippen LogP contribution is -1.61. The summed E-state index contributed by atoms with van der Waals surface area (Å²) in [7, 11) is 0. The quantitative estimate of drug-likeness (QED) is 0.412. The molecule has 0 aromatic carbocycles. The molecule has 0 aliphatic carbocycles. The third-order valence-corrected chi connectivity index (χ3v) is 0.230. The average molecular weight is 71.0 g/mol. The van der Waals surface area contributed by atoms with Crippen molar-refractivity contribution in [1.29, 1.82) is 0 Å². The van der Waals surface area contributed by atoms with Crippen LogP contribution in [0.2, 0.25) is 0 Å². The Kier molecular flexibility index (Phi) is 0.368. The lowest BCUT2D eigenvalue weighted by molar-refractivity contribution is 0.392. The van der Waals surface area contributed by atoms with Crippen molar-refractivity contribution in [1.82, 2.24) is 15.6 Å². The molecule has 0 fully saturated rings. The molecule has 26 valence electrons. The molecule has 4 heteroatoms. The summed E-state index contributed by atoms with van der Waals surface area (Å²) in [4.78, 5) is 0. The highest BCUT2D eigenvalue weighted by molar-refractivity contribution is 4.12. The summed E-state index contributed by atoms with van der Waals surface area (Å²) >= 11 is 0. The van der Waals surface area contributed by atoms with E-state index in [-0.39, 0.29) is 0 Å². The molecule has 0 aliphatic rings. The van der Waals surface area contributed by atoms with Crippen molar-refractivity contribution in [3.05, 3.63) is 6.39 Å². The van der Waals surface area contributed by atoms with Gasteiger partial charge >= 0.3 is 0 Å². The van der Waals surface area contributed by atoms with Crippen LogP contribution in [-0.2, 0) is 0 Å². The van der Waals surface area contributed by atoms with E-state index in [1.807, 2.05) is 0 Å². The number of hydrogen-bond donors (Lipinski definition) is 0. The second kappa shape index (κ2) is 0.794. The first-order chi connectivity index (χ1) is 2.50. The van der Waals surface area contributed by atoms with Gasteiger partial charge in [0.2, 0.25) is 6.39 Å². The normalized spacial score (nSPS) is 8.00. The summed E-state index contributed by atoms with van der Waals surface area (Å²) in [6, 6.07) is 0. The maximum atomic E-state index is 4.11. The van der Waals surface area contributed by atoms with Gasteiger partial charge in [-0.3, -0.25) is 0 Å². The predicted molar refractivity (Wildman–Crippen MR) is 12.1 cm³/mol. The van der Waals surface area contributed by atoms with Gasteiger partial charge in [-0.1, -0.05) is 5.10 Å². The average Bonchev–Trinajstić information content (AvgIpc) is 1.76. The first kappa shape index (κ1) is 2.32. The van der Waals surface area contributed by atoms with Crippen LogP contribution in [0.3, 0.4) is 0 Å². The Bertz CT molecular complexity index is 63.4. The molecule has 0 atom stereocenters. The van der Waals surface area contributed by atoms with Crippen LogP contribution in [0.25, 0.3) is 0 Å². The summed E-state index contributed by atoms with van der Waals surface area (Å²) < 4.78 is 4.11. The summed E-state index contributed by atoms with van der Waals surface area (Å²) in [5.74, 6) is 0. The fraction of sp³-hybridized carbons (Fsp3) is 0. The van der Waals surface area contributed by atoms with Crippen LogP contribution in [0.1, 0.15) is 0 Å². The Morgan fingerprint density at radius 1 is 1.60 bits per heavy atom. The zero-order chi connectivity index (χ0) is 3.54. The van der Waals surface area contributed by atoms with E-state index >= 15 is 0 Å². The lowest BCUT2D eigenvalue weighted by Gasteiger charge is -1.41. The fourth-order valence-corrected chi connectivity index (χ4v) is 0.105. The number of aromatic nitrogens is 3. The van der Waals surface area contributed by atoms with Gasteiger partial charge in [0.15, 0.2) is 0 Å². The smallest absolute Gasteiger partial charge is 0.235 e. The number of rotatable bonds is 0. The van der Waals surface area contributed by atoms with Crippen LogP contribution in [0.4, 0.5) is 0 Å². The summed E-state index contributed by atoms with van der Waals surface area (Å²) in [5.41, 5.74) is 0. The third-order valence-electron chi connectivity index (χ3n) is 0.230. The van der Waals surface area contributed by atoms with E-state index in [9.17, 15) is 0 Å². The first-order valence-corrected chi connectivity index (χ1v) is 1.08. The first-order valence-electron chi connectivity index (χ1n) is 1.08. The molecular formula is CHN3O. The summed E-state index contributed by atoms with van der Waals surface area (Å²) in [5, 5.41) is 9.24. The minimum Gasteiger partial charge on any atom is -0.324 e. The Hall–Kier alpha value is -0.930. The van der Waals surface area contributed by atoms with E-state index in [2.05, 4.69) is 20.1 Å². The molecule has 0 spiro atoms. The minimum atomic E-state index is 1.15. The Labute approximate surface area is 27.8 Å². The summed E-state index contributed by atoms with van der Waals surface area (Å²) in [6.07, 6.45) is 1.15. The van der Waals surface area contributed by atoms with Gasteiger partial charge in [-0.25, -0.2) is 0 Å². The highest BCUT2D eigenvalue weighted by Gasteiger charge is 1.62. The van der Waals surface area contributed by atoms with E-state index in [4.69, 9.17) is 0 Å². The Balaban J connectivity index is 3.13. The molecule has 0 saturated carbocycles. The van der Waals surface area contributed by atoms with Gasteiger partial charge in [0.1, 0.15) is 0 Å². The summed E-state index contributed by atoms with van der Waals surface area (Å²) in [6.45, 7) is 0. The monoisotopic (exact) mass is 71.0 g/mol. The van der Waals surface area contributed by atoms with Crippen molar-refractivity contribution < 1.29 is 4.52 Å². The predicted octanol–water partition coefficient (Wildman–Crippen LogP) is -0.535. The molecule has 0 radical (unpaired) electrons. The van der Waals surface area contributed by atoms with E-state index in [1.165, 1.54) is 0 Å². The SMILES string of the molecule is c1nnno1. The molecule has 4 nitrogen and oxygen atoms in total. The lowest BCUT2D eigenvalue weighted by atomic mass is 11.6. The number of hydrogen-bond acceptors (Lipinski definition) is 4. The van der Waals surface area contributed by atoms with Gasteiger partial charge in [-0.15, -0.1) is 0 Å². The zero-order valence-corrected chi connectivity index (χ0v) is 2.33. The topological polar surface area (TPSA) is 51.8 Å². The van der Waals surface area contributed by atoms with Gasteiger partial charge < -0.3 is 4.52 Å². The van der Waals surface area contributed by atoms with Crippen LogP contribution < -0.4 is 0 Å². The second-order valence-corrected chi connectivity index (χ2v) is 0.497. The van der Waals surface area contributed by atoms with E-state index in [1.54, 1.807) is 0 Å². The Morgan fingerprint density at radius 2 is 2.60 bits per heavy atom. The molecule has 1 aromatic heterocycles. The van der Waals surface area contributed by atoms with Crippen molar-refractivity contribution in [2.45, 2.75) is 0 Å². The van der Waals surface area contributed by atoms with Crippen molar-refractivity contribution in [2.75, 3.05) is 0 Å². The van der Waals surface area contributed by atoms with Crippen molar-refractivity contribution >= 4 is 0 Å². The van der Waals surface area contributed by atoms with Crippen LogP contribution in [0, 0.1) is 0 Å². The standard InChI is InChI=1S/CHN3O/c1-2-3-4-5-1/h1H. The molecule has 5 heavy (non-hydrogen) atoms. The zero-order valence-electron chi connectivity index (χ0n) is 2.33. The molecule has 0 N–H and O–H groups in total. The van der Waals surface area contributed by atoms with Crippen molar-refractivity contribution in [3.63, 3.8) is 0 Å². The molecule has 1 rings (SSSR count). The van der Waals surface area contributed by atoms with Crippen molar-refractivity contribution in [2.24, 2.45) is 0 Å². The minimum absolute atomic E-state index is 1.15. The second-order valence-electron chi connectivity index (χ2n) is 0.497. The van der Waals surface area contributed by atoms with Gasteiger partial charge in [-0.05, 0) is 5.21 Å². The van der Waals surface area contributed by atoms with Gasteiger partial charge in [0.05, 0.1) is 5.27 Å². The molecule has 1 heterocycles. The van der Waals surface area contributed by atoms with Crippen LogP contribution in [-0.4, -0.2) is 15.6 Å². The van der Waals surface area contributed by atoms with E-state index in [0.717, 1.165) is 6.39 Å². The molecule has 0 bridgehead atoms. The molecule has 0 amide bonds. The highest BCUT2D eigenvalue weighted by atomic mass is 16.5. The van der Waals surface area contributed by atoms with E-state index < -0.39 is 0 Å². The van der Waals surface area contributed by atoms with Crippen LogP contribution >= 0.6 is 0 Å². The molecule has 0 saturated heterocycles. The highest BCUT2D eigenvalue weighted by Crippen LogP contribution is 1.55.